The van der Waals surface area contributed by atoms with Gasteiger partial charge in [-0.1, -0.05) is 0 Å². The van der Waals surface area contributed by atoms with Crippen molar-refractivity contribution in [2.75, 3.05) is 23.4 Å². The van der Waals surface area contributed by atoms with E-state index < -0.39 is 9.84 Å². The minimum atomic E-state index is -3.07. The molecule has 1 saturated heterocycles. The van der Waals surface area contributed by atoms with E-state index in [4.69, 9.17) is 0 Å². The van der Waals surface area contributed by atoms with E-state index in [0.717, 1.165) is 0 Å². The number of sulfone groups is 1. The molecule has 2 aromatic rings. The van der Waals surface area contributed by atoms with Crippen molar-refractivity contribution in [1.29, 1.82) is 0 Å². The number of nitrogens with zero attached hydrogens (tertiary/aromatic N) is 3. The molecule has 1 aromatic heterocycles. The molecule has 2 heterocycles. The highest BCUT2D eigenvalue weighted by Crippen LogP contribution is 2.20. The van der Waals surface area contributed by atoms with Crippen molar-refractivity contribution >= 4 is 27.4 Å². The van der Waals surface area contributed by atoms with E-state index in [1.807, 2.05) is 6.92 Å². The van der Waals surface area contributed by atoms with E-state index >= 15 is 0 Å². The van der Waals surface area contributed by atoms with Crippen LogP contribution in [0, 0.1) is 5.82 Å². The number of hydrogen-bond donors (Lipinski definition) is 1. The fourth-order valence-corrected chi connectivity index (χ4v) is 4.65. The number of amides is 1. The Morgan fingerprint density at radius 1 is 1.27 bits per heavy atom. The maximum atomic E-state index is 12.9. The zero-order chi connectivity index (χ0) is 18.7. The number of rotatable bonds is 5. The monoisotopic (exact) mass is 378 g/mol. The minimum absolute atomic E-state index is 0.00234. The second kappa shape index (κ2) is 7.36. The Kier molecular flexibility index (Phi) is 5.17. The third-order valence-corrected chi connectivity index (χ3v) is 6.00. The maximum Gasteiger partial charge on any atom is 0.257 e. The molecule has 7 nitrogen and oxygen atoms in total. The van der Waals surface area contributed by atoms with Crippen molar-refractivity contribution in [3.05, 3.63) is 48.0 Å². The van der Waals surface area contributed by atoms with Crippen LogP contribution < -0.4 is 5.32 Å². The molecule has 26 heavy (non-hydrogen) atoms. The number of carbonyl (C=O) groups excluding carboxylic acids is 1. The molecular weight excluding hydrogens is 359 g/mol. The number of benzene rings is 1. The fraction of sp³-hybridized carbons (Fsp3) is 0.353. The summed E-state index contributed by atoms with van der Waals surface area (Å²) in [5.74, 6) is -0.246. The average molecular weight is 378 g/mol. The van der Waals surface area contributed by atoms with E-state index in [9.17, 15) is 17.6 Å². The lowest BCUT2D eigenvalue weighted by molar-refractivity contribution is 0.0707. The first kappa shape index (κ1) is 18.2. The van der Waals surface area contributed by atoms with Gasteiger partial charge in [-0.25, -0.2) is 22.8 Å². The summed E-state index contributed by atoms with van der Waals surface area (Å²) in [6.07, 6.45) is 3.24. The number of anilines is 2. The van der Waals surface area contributed by atoms with Gasteiger partial charge < -0.3 is 10.2 Å². The number of aromatic nitrogens is 2. The molecule has 9 heteroatoms. The van der Waals surface area contributed by atoms with Crippen molar-refractivity contribution in [2.24, 2.45) is 0 Å². The van der Waals surface area contributed by atoms with Gasteiger partial charge in [-0.15, -0.1) is 0 Å². The van der Waals surface area contributed by atoms with Crippen LogP contribution in [0.3, 0.4) is 0 Å². The van der Waals surface area contributed by atoms with Gasteiger partial charge in [0.25, 0.3) is 5.91 Å². The van der Waals surface area contributed by atoms with Gasteiger partial charge in [0.05, 0.1) is 17.1 Å². The average Bonchev–Trinajstić information content (AvgIpc) is 2.98. The van der Waals surface area contributed by atoms with Crippen molar-refractivity contribution in [2.45, 2.75) is 19.4 Å². The molecule has 1 fully saturated rings. The summed E-state index contributed by atoms with van der Waals surface area (Å²) in [4.78, 5) is 22.4. The van der Waals surface area contributed by atoms with Gasteiger partial charge in [0.2, 0.25) is 5.95 Å². The Morgan fingerprint density at radius 2 is 1.92 bits per heavy atom. The zero-order valence-corrected chi connectivity index (χ0v) is 15.0. The number of carbonyl (C=O) groups is 1. The van der Waals surface area contributed by atoms with E-state index in [2.05, 4.69) is 15.3 Å². The first-order valence-corrected chi connectivity index (χ1v) is 10.1. The number of halogens is 1. The highest BCUT2D eigenvalue weighted by molar-refractivity contribution is 7.91. The molecule has 1 aliphatic heterocycles. The molecule has 1 amide bonds. The Hall–Kier alpha value is -2.55. The van der Waals surface area contributed by atoms with Crippen LogP contribution in [0.2, 0.25) is 0 Å². The number of nitrogens with one attached hydrogen (secondary N) is 1. The van der Waals surface area contributed by atoms with Crippen LogP contribution in [-0.2, 0) is 9.84 Å². The first-order chi connectivity index (χ1) is 12.4. The lowest BCUT2D eigenvalue weighted by atomic mass is 10.2. The molecule has 0 spiro atoms. The SMILES string of the molecule is CCN(C(=O)c1cnc(Nc2ccc(F)cc2)nc1)C1CCS(=O)(=O)C1. The van der Waals surface area contributed by atoms with Crippen LogP contribution in [-0.4, -0.2) is 53.3 Å². The topological polar surface area (TPSA) is 92.3 Å². The van der Waals surface area contributed by atoms with Gasteiger partial charge in [-0.3, -0.25) is 4.79 Å². The molecule has 0 bridgehead atoms. The normalized spacial score (nSPS) is 18.5. The van der Waals surface area contributed by atoms with E-state index in [1.165, 1.54) is 24.5 Å². The Balaban J connectivity index is 1.70. The highest BCUT2D eigenvalue weighted by atomic mass is 32.2. The summed E-state index contributed by atoms with van der Waals surface area (Å²) in [6.45, 7) is 2.22. The molecule has 1 N–H and O–H groups in total. The van der Waals surface area contributed by atoms with Crippen LogP contribution in [0.5, 0.6) is 0 Å². The van der Waals surface area contributed by atoms with Crippen molar-refractivity contribution in [1.82, 2.24) is 14.9 Å². The summed E-state index contributed by atoms with van der Waals surface area (Å²) < 4.78 is 36.2. The van der Waals surface area contributed by atoms with Gasteiger partial charge in [0.15, 0.2) is 9.84 Å². The summed E-state index contributed by atoms with van der Waals surface area (Å²) in [5.41, 5.74) is 0.914. The summed E-state index contributed by atoms with van der Waals surface area (Å²) in [7, 11) is -3.07. The van der Waals surface area contributed by atoms with Crippen LogP contribution in [0.15, 0.2) is 36.7 Å². The smallest absolute Gasteiger partial charge is 0.257 e. The van der Waals surface area contributed by atoms with Gasteiger partial charge in [0, 0.05) is 30.7 Å². The fourth-order valence-electron chi connectivity index (χ4n) is 2.92. The quantitative estimate of drug-likeness (QED) is 0.856. The van der Waals surface area contributed by atoms with E-state index in [-0.39, 0.29) is 35.2 Å². The molecule has 3 rings (SSSR count). The second-order valence-corrected chi connectivity index (χ2v) is 8.30. The van der Waals surface area contributed by atoms with Gasteiger partial charge in [-0.05, 0) is 37.6 Å². The third kappa shape index (κ3) is 4.16. The van der Waals surface area contributed by atoms with Crippen molar-refractivity contribution in [3.8, 4) is 0 Å². The zero-order valence-electron chi connectivity index (χ0n) is 14.2. The Labute approximate surface area is 151 Å². The highest BCUT2D eigenvalue weighted by Gasteiger charge is 2.34. The molecule has 1 unspecified atom stereocenters. The molecule has 138 valence electrons. The van der Waals surface area contributed by atoms with Gasteiger partial charge in [-0.2, -0.15) is 0 Å². The van der Waals surface area contributed by atoms with Gasteiger partial charge >= 0.3 is 0 Å². The van der Waals surface area contributed by atoms with Crippen LogP contribution >= 0.6 is 0 Å². The van der Waals surface area contributed by atoms with Crippen molar-refractivity contribution in [3.63, 3.8) is 0 Å². The largest absolute Gasteiger partial charge is 0.335 e. The van der Waals surface area contributed by atoms with Crippen LogP contribution in [0.25, 0.3) is 0 Å². The summed E-state index contributed by atoms with van der Waals surface area (Å²) >= 11 is 0. The molecule has 1 atom stereocenters. The number of hydrogen-bond acceptors (Lipinski definition) is 6. The van der Waals surface area contributed by atoms with Crippen LogP contribution in [0.1, 0.15) is 23.7 Å². The lowest BCUT2D eigenvalue weighted by Gasteiger charge is -2.26. The maximum absolute atomic E-state index is 12.9. The molecule has 0 saturated carbocycles. The van der Waals surface area contributed by atoms with Gasteiger partial charge in [0.1, 0.15) is 5.82 Å². The minimum Gasteiger partial charge on any atom is -0.335 e. The van der Waals surface area contributed by atoms with Crippen LogP contribution in [0.4, 0.5) is 16.0 Å². The van der Waals surface area contributed by atoms with E-state index in [0.29, 0.717) is 24.2 Å². The first-order valence-electron chi connectivity index (χ1n) is 8.24. The molecule has 1 aromatic carbocycles. The molecule has 0 radical (unpaired) electrons. The molecule has 0 aliphatic carbocycles. The molecular formula is C17H19FN4O3S. The Morgan fingerprint density at radius 3 is 2.46 bits per heavy atom. The molecule has 1 aliphatic rings. The van der Waals surface area contributed by atoms with E-state index in [1.54, 1.807) is 17.0 Å². The lowest BCUT2D eigenvalue weighted by Crippen LogP contribution is -2.41. The standard InChI is InChI=1S/C17H19FN4O3S/c1-2-22(15-7-8-26(24,25)11-15)16(23)12-9-19-17(20-10-12)21-14-5-3-13(18)4-6-14/h3-6,9-10,15H,2,7-8,11H2,1H3,(H,19,20,21). The third-order valence-electron chi connectivity index (χ3n) is 4.25. The Bertz CT molecular complexity index is 885. The predicted molar refractivity (Wildman–Crippen MR) is 95.5 cm³/mol. The van der Waals surface area contributed by atoms with Crippen molar-refractivity contribution < 1.29 is 17.6 Å². The summed E-state index contributed by atoms with van der Waals surface area (Å²) in [5, 5.41) is 2.91. The second-order valence-electron chi connectivity index (χ2n) is 6.08. The predicted octanol–water partition coefficient (Wildman–Crippen LogP) is 2.01. The summed E-state index contributed by atoms with van der Waals surface area (Å²) in [6, 6.07) is 5.42.